The maximum Gasteiger partial charge on any atom is 0.0548 e. The van der Waals surface area contributed by atoms with Gasteiger partial charge in [-0.15, -0.1) is 0 Å². The summed E-state index contributed by atoms with van der Waals surface area (Å²) >= 11 is 0. The fraction of sp³-hybridized carbons (Fsp3) is 0.0233. The van der Waals surface area contributed by atoms with Gasteiger partial charge in [-0.2, -0.15) is 0 Å². The first kappa shape index (κ1) is 25.6. The summed E-state index contributed by atoms with van der Waals surface area (Å²) in [5.41, 5.74) is 13.4. The second-order valence-electron chi connectivity index (χ2n) is 11.9. The van der Waals surface area contributed by atoms with Crippen LogP contribution in [0.1, 0.15) is 5.56 Å². The third kappa shape index (κ3) is 4.03. The minimum atomic E-state index is 1.16. The Kier molecular flexibility index (Phi) is 5.76. The SMILES string of the molecule is Cc1cccc(-c2ccc(-c3ccc(-n4c5ccccc5c5c6c7ccccc7n(-c7ccccc7)c6ccc54)cc3)cc2)c1. The summed E-state index contributed by atoms with van der Waals surface area (Å²) in [5.74, 6) is 0. The van der Waals surface area contributed by atoms with Crippen molar-refractivity contribution >= 4 is 43.6 Å². The van der Waals surface area contributed by atoms with Gasteiger partial charge in [0.25, 0.3) is 0 Å². The molecule has 2 heterocycles. The van der Waals surface area contributed by atoms with E-state index in [2.05, 4.69) is 180 Å². The summed E-state index contributed by atoms with van der Waals surface area (Å²) in [7, 11) is 0. The third-order valence-electron chi connectivity index (χ3n) is 9.18. The van der Waals surface area contributed by atoms with Crippen LogP contribution in [-0.2, 0) is 0 Å². The molecule has 2 heteroatoms. The third-order valence-corrected chi connectivity index (χ3v) is 9.18. The molecule has 0 spiro atoms. The highest BCUT2D eigenvalue weighted by Gasteiger charge is 2.20. The smallest absolute Gasteiger partial charge is 0.0548 e. The van der Waals surface area contributed by atoms with E-state index < -0.39 is 0 Å². The quantitative estimate of drug-likeness (QED) is 0.198. The molecule has 0 amide bonds. The largest absolute Gasteiger partial charge is 0.309 e. The summed E-state index contributed by atoms with van der Waals surface area (Å²) in [5, 5.41) is 5.14. The highest BCUT2D eigenvalue weighted by Crippen LogP contribution is 2.42. The topological polar surface area (TPSA) is 9.86 Å². The maximum absolute atomic E-state index is 2.42. The minimum Gasteiger partial charge on any atom is -0.309 e. The van der Waals surface area contributed by atoms with Gasteiger partial charge < -0.3 is 9.13 Å². The van der Waals surface area contributed by atoms with Gasteiger partial charge in [-0.05, 0) is 77.7 Å². The highest BCUT2D eigenvalue weighted by atomic mass is 15.0. The van der Waals surface area contributed by atoms with Crippen molar-refractivity contribution in [2.75, 3.05) is 0 Å². The summed E-state index contributed by atoms with van der Waals surface area (Å²) in [6, 6.07) is 59.5. The second-order valence-corrected chi connectivity index (χ2v) is 11.9. The monoisotopic (exact) mass is 574 g/mol. The van der Waals surface area contributed by atoms with Crippen molar-refractivity contribution in [1.29, 1.82) is 0 Å². The lowest BCUT2D eigenvalue weighted by Gasteiger charge is -2.11. The van der Waals surface area contributed by atoms with Crippen LogP contribution in [-0.4, -0.2) is 9.13 Å². The number of nitrogens with zero attached hydrogens (tertiary/aromatic N) is 2. The van der Waals surface area contributed by atoms with Gasteiger partial charge in [0.2, 0.25) is 0 Å². The van der Waals surface area contributed by atoms with Crippen molar-refractivity contribution in [3.63, 3.8) is 0 Å². The van der Waals surface area contributed by atoms with Crippen LogP contribution < -0.4 is 0 Å². The molecule has 0 bridgehead atoms. The predicted molar refractivity (Wildman–Crippen MR) is 191 cm³/mol. The van der Waals surface area contributed by atoms with E-state index in [0.717, 1.165) is 5.69 Å². The lowest BCUT2D eigenvalue weighted by atomic mass is 9.99. The van der Waals surface area contributed by atoms with Crippen LogP contribution in [0, 0.1) is 6.92 Å². The van der Waals surface area contributed by atoms with E-state index in [-0.39, 0.29) is 0 Å². The van der Waals surface area contributed by atoms with Crippen molar-refractivity contribution in [3.05, 3.63) is 169 Å². The van der Waals surface area contributed by atoms with Crippen molar-refractivity contribution < 1.29 is 0 Å². The van der Waals surface area contributed by atoms with Crippen molar-refractivity contribution in [3.8, 4) is 33.6 Å². The van der Waals surface area contributed by atoms with Gasteiger partial charge in [-0.1, -0.05) is 121 Å². The normalized spacial score (nSPS) is 11.7. The zero-order chi connectivity index (χ0) is 29.9. The average Bonchev–Trinajstić information content (AvgIpc) is 3.62. The molecular formula is C43H30N2. The molecule has 0 aliphatic rings. The molecule has 0 atom stereocenters. The lowest BCUT2D eigenvalue weighted by molar-refractivity contribution is 1.17. The zero-order valence-corrected chi connectivity index (χ0v) is 25.0. The van der Waals surface area contributed by atoms with Crippen molar-refractivity contribution in [1.82, 2.24) is 9.13 Å². The van der Waals surface area contributed by atoms with E-state index in [1.165, 1.54) is 77.1 Å². The lowest BCUT2D eigenvalue weighted by Crippen LogP contribution is -1.94. The summed E-state index contributed by atoms with van der Waals surface area (Å²) in [6.45, 7) is 2.14. The fourth-order valence-electron chi connectivity index (χ4n) is 7.13. The van der Waals surface area contributed by atoms with Gasteiger partial charge in [0.15, 0.2) is 0 Å². The maximum atomic E-state index is 2.42. The molecule has 0 aliphatic heterocycles. The average molecular weight is 575 g/mol. The fourth-order valence-corrected chi connectivity index (χ4v) is 7.13. The Hall–Kier alpha value is -5.86. The predicted octanol–water partition coefficient (Wildman–Crippen LogP) is 11.5. The van der Waals surface area contributed by atoms with E-state index >= 15 is 0 Å². The number of aromatic nitrogens is 2. The Balaban J connectivity index is 1.21. The van der Waals surface area contributed by atoms with E-state index in [0.29, 0.717) is 0 Å². The molecule has 9 aromatic rings. The molecule has 7 aromatic carbocycles. The number of para-hydroxylation sites is 3. The molecule has 0 aliphatic carbocycles. The number of fused-ring (bicyclic) bond motifs is 7. The van der Waals surface area contributed by atoms with Gasteiger partial charge in [0, 0.05) is 32.9 Å². The van der Waals surface area contributed by atoms with Gasteiger partial charge in [-0.3, -0.25) is 0 Å². The molecule has 2 aromatic heterocycles. The van der Waals surface area contributed by atoms with Crippen molar-refractivity contribution in [2.45, 2.75) is 6.92 Å². The van der Waals surface area contributed by atoms with Crippen molar-refractivity contribution in [2.24, 2.45) is 0 Å². The summed E-state index contributed by atoms with van der Waals surface area (Å²) in [6.07, 6.45) is 0. The van der Waals surface area contributed by atoms with E-state index in [4.69, 9.17) is 0 Å². The number of benzene rings is 7. The second kappa shape index (κ2) is 10.1. The Bertz CT molecular complexity index is 2510. The van der Waals surface area contributed by atoms with Gasteiger partial charge >= 0.3 is 0 Å². The molecular weight excluding hydrogens is 544 g/mol. The van der Waals surface area contributed by atoms with E-state index in [1.54, 1.807) is 0 Å². The standard InChI is InChI=1S/C43H30N2/c1-29-10-9-11-33(28-29)32-20-18-30(19-21-32)31-22-24-35(25-23-31)45-39-17-8-6-15-37(39)43-41(45)27-26-40-42(43)36-14-5-7-16-38(36)44(40)34-12-3-2-4-13-34/h2-28H,1H3. The van der Waals surface area contributed by atoms with Crippen LogP contribution in [0.5, 0.6) is 0 Å². The molecule has 212 valence electrons. The number of rotatable bonds is 4. The van der Waals surface area contributed by atoms with Crippen LogP contribution in [0.2, 0.25) is 0 Å². The molecule has 0 N–H and O–H groups in total. The van der Waals surface area contributed by atoms with Gasteiger partial charge in [-0.25, -0.2) is 0 Å². The molecule has 0 radical (unpaired) electrons. The molecule has 0 saturated carbocycles. The first-order chi connectivity index (χ1) is 22.2. The highest BCUT2D eigenvalue weighted by molar-refractivity contribution is 6.28. The van der Waals surface area contributed by atoms with Crippen LogP contribution in [0.15, 0.2) is 164 Å². The van der Waals surface area contributed by atoms with Gasteiger partial charge in [0.1, 0.15) is 0 Å². The van der Waals surface area contributed by atoms with Crippen LogP contribution >= 0.6 is 0 Å². The zero-order valence-electron chi connectivity index (χ0n) is 25.0. The minimum absolute atomic E-state index is 1.16. The Morgan fingerprint density at radius 3 is 1.36 bits per heavy atom. The molecule has 0 saturated heterocycles. The first-order valence-corrected chi connectivity index (χ1v) is 15.5. The number of hydrogen-bond acceptors (Lipinski definition) is 0. The Labute approximate surface area is 262 Å². The van der Waals surface area contributed by atoms with Crippen LogP contribution in [0.25, 0.3) is 77.2 Å². The first-order valence-electron chi connectivity index (χ1n) is 15.5. The molecule has 0 unspecified atom stereocenters. The summed E-state index contributed by atoms with van der Waals surface area (Å²) < 4.78 is 4.82. The van der Waals surface area contributed by atoms with E-state index in [1.807, 2.05) is 0 Å². The summed E-state index contributed by atoms with van der Waals surface area (Å²) in [4.78, 5) is 0. The molecule has 45 heavy (non-hydrogen) atoms. The Morgan fingerprint density at radius 2 is 0.800 bits per heavy atom. The Morgan fingerprint density at radius 1 is 0.333 bits per heavy atom. The van der Waals surface area contributed by atoms with Gasteiger partial charge in [0.05, 0.1) is 22.1 Å². The molecule has 2 nitrogen and oxygen atoms in total. The van der Waals surface area contributed by atoms with E-state index in [9.17, 15) is 0 Å². The van der Waals surface area contributed by atoms with Crippen LogP contribution in [0.4, 0.5) is 0 Å². The number of aryl methyl sites for hydroxylation is 1. The molecule has 0 fully saturated rings. The molecule has 9 rings (SSSR count). The van der Waals surface area contributed by atoms with Crippen LogP contribution in [0.3, 0.4) is 0 Å². The number of hydrogen-bond donors (Lipinski definition) is 0.